The molecule has 0 aliphatic carbocycles. The highest BCUT2D eigenvalue weighted by molar-refractivity contribution is 7.89. The summed E-state index contributed by atoms with van der Waals surface area (Å²) < 4.78 is 36.9. The van der Waals surface area contributed by atoms with E-state index in [9.17, 15) is 8.42 Å². The zero-order chi connectivity index (χ0) is 15.9. The molecule has 0 spiro atoms. The van der Waals surface area contributed by atoms with Crippen LogP contribution in [-0.2, 0) is 10.0 Å². The lowest BCUT2D eigenvalue weighted by Crippen LogP contribution is -2.34. The van der Waals surface area contributed by atoms with Crippen molar-refractivity contribution in [1.29, 1.82) is 0 Å². The molecule has 0 heterocycles. The minimum atomic E-state index is -3.71. The van der Waals surface area contributed by atoms with Gasteiger partial charge in [0, 0.05) is 19.2 Å². The van der Waals surface area contributed by atoms with E-state index in [2.05, 4.69) is 0 Å². The largest absolute Gasteiger partial charge is 0.497 e. The molecule has 0 saturated heterocycles. The molecule has 0 aromatic heterocycles. The van der Waals surface area contributed by atoms with Crippen LogP contribution < -0.4 is 9.47 Å². The van der Waals surface area contributed by atoms with Crippen LogP contribution in [0.25, 0.3) is 0 Å². The molecule has 0 bridgehead atoms. The fraction of sp³-hybridized carbons (Fsp3) is 0.571. The Kier molecular flexibility index (Phi) is 6.94. The van der Waals surface area contributed by atoms with E-state index in [-0.39, 0.29) is 23.8 Å². The molecular weight excluding hydrogens is 294 g/mol. The highest BCUT2D eigenvalue weighted by Gasteiger charge is 2.27. The van der Waals surface area contributed by atoms with Gasteiger partial charge in [0.05, 0.1) is 20.8 Å². The Morgan fingerprint density at radius 1 is 1.19 bits per heavy atom. The normalized spacial score (nSPS) is 11.7. The first-order valence-corrected chi connectivity index (χ1v) is 8.28. The second-order valence-corrected chi connectivity index (χ2v) is 6.40. The first-order chi connectivity index (χ1) is 10.0. The van der Waals surface area contributed by atoms with E-state index in [0.717, 1.165) is 12.8 Å². The number of aliphatic hydroxyl groups is 1. The Hall–Kier alpha value is -1.31. The fourth-order valence-electron chi connectivity index (χ4n) is 1.93. The third kappa shape index (κ3) is 4.33. The lowest BCUT2D eigenvalue weighted by Gasteiger charge is -2.22. The van der Waals surface area contributed by atoms with Gasteiger partial charge in [-0.05, 0) is 18.6 Å². The van der Waals surface area contributed by atoms with Crippen LogP contribution in [0.15, 0.2) is 23.1 Å². The van der Waals surface area contributed by atoms with E-state index < -0.39 is 10.0 Å². The van der Waals surface area contributed by atoms with Crippen molar-refractivity contribution < 1.29 is 23.0 Å². The lowest BCUT2D eigenvalue weighted by atomic mass is 10.3. The number of ether oxygens (including phenoxy) is 2. The number of methoxy groups -OCH3 is 2. The summed E-state index contributed by atoms with van der Waals surface area (Å²) in [6.45, 7) is 2.20. The summed E-state index contributed by atoms with van der Waals surface area (Å²) in [6, 6.07) is 4.57. The van der Waals surface area contributed by atoms with E-state index in [1.165, 1.54) is 30.7 Å². The van der Waals surface area contributed by atoms with Gasteiger partial charge in [-0.2, -0.15) is 4.31 Å². The number of hydrogen-bond acceptors (Lipinski definition) is 5. The van der Waals surface area contributed by atoms with Crippen LogP contribution >= 0.6 is 0 Å². The predicted molar refractivity (Wildman–Crippen MR) is 80.3 cm³/mol. The molecule has 0 aliphatic rings. The molecule has 21 heavy (non-hydrogen) atoms. The van der Waals surface area contributed by atoms with Crippen molar-refractivity contribution in [3.05, 3.63) is 18.2 Å². The number of hydrogen-bond donors (Lipinski definition) is 1. The summed E-state index contributed by atoms with van der Waals surface area (Å²) in [7, 11) is -0.795. The van der Waals surface area contributed by atoms with E-state index in [1.54, 1.807) is 6.07 Å². The Bertz CT molecular complexity index is 544. The van der Waals surface area contributed by atoms with Crippen molar-refractivity contribution in [1.82, 2.24) is 4.31 Å². The maximum absolute atomic E-state index is 12.7. The van der Waals surface area contributed by atoms with E-state index in [0.29, 0.717) is 12.3 Å². The summed E-state index contributed by atoms with van der Waals surface area (Å²) in [5.74, 6) is 0.752. The van der Waals surface area contributed by atoms with Crippen molar-refractivity contribution in [3.8, 4) is 11.5 Å². The van der Waals surface area contributed by atoms with Gasteiger partial charge in [-0.1, -0.05) is 13.3 Å². The van der Waals surface area contributed by atoms with Gasteiger partial charge in [-0.3, -0.25) is 0 Å². The average Bonchev–Trinajstić information content (AvgIpc) is 2.50. The maximum atomic E-state index is 12.7. The number of rotatable bonds is 9. The number of aliphatic hydroxyl groups excluding tert-OH is 1. The third-order valence-corrected chi connectivity index (χ3v) is 5.04. The number of sulfonamides is 1. The smallest absolute Gasteiger partial charge is 0.246 e. The SMILES string of the molecule is CCCCN(CCO)S(=O)(=O)c1ccc(OC)cc1OC. The zero-order valence-electron chi connectivity index (χ0n) is 12.7. The van der Waals surface area contributed by atoms with Gasteiger partial charge in [-0.25, -0.2) is 8.42 Å². The quantitative estimate of drug-likeness (QED) is 0.747. The summed E-state index contributed by atoms with van der Waals surface area (Å²) in [4.78, 5) is 0.0790. The molecule has 0 fully saturated rings. The van der Waals surface area contributed by atoms with E-state index in [1.807, 2.05) is 6.92 Å². The standard InChI is InChI=1S/C14H23NO5S/c1-4-5-8-15(9-10-16)21(17,18)14-7-6-12(19-2)11-13(14)20-3/h6-7,11,16H,4-5,8-10H2,1-3H3. The third-order valence-electron chi connectivity index (χ3n) is 3.10. The van der Waals surface area contributed by atoms with Gasteiger partial charge >= 0.3 is 0 Å². The van der Waals surface area contributed by atoms with Gasteiger partial charge < -0.3 is 14.6 Å². The molecular formula is C14H23NO5S. The van der Waals surface area contributed by atoms with Crippen molar-refractivity contribution in [2.45, 2.75) is 24.7 Å². The minimum absolute atomic E-state index is 0.0670. The van der Waals surface area contributed by atoms with E-state index in [4.69, 9.17) is 14.6 Å². The number of unbranched alkanes of at least 4 members (excludes halogenated alkanes) is 1. The topological polar surface area (TPSA) is 76.1 Å². The molecule has 0 saturated carbocycles. The van der Waals surface area contributed by atoms with Gasteiger partial charge in [0.25, 0.3) is 0 Å². The number of nitrogens with zero attached hydrogens (tertiary/aromatic N) is 1. The molecule has 0 aliphatic heterocycles. The van der Waals surface area contributed by atoms with Crippen LogP contribution in [0.2, 0.25) is 0 Å². The van der Waals surface area contributed by atoms with Gasteiger partial charge in [-0.15, -0.1) is 0 Å². The Balaban J connectivity index is 3.20. The van der Waals surface area contributed by atoms with Gasteiger partial charge in [0.1, 0.15) is 16.4 Å². The fourth-order valence-corrected chi connectivity index (χ4v) is 3.53. The predicted octanol–water partition coefficient (Wildman–Crippen LogP) is 1.49. The molecule has 0 radical (unpaired) electrons. The second kappa shape index (κ2) is 8.21. The highest BCUT2D eigenvalue weighted by Crippen LogP contribution is 2.30. The molecule has 0 unspecified atom stereocenters. The summed E-state index contributed by atoms with van der Waals surface area (Å²) in [5, 5.41) is 9.10. The molecule has 1 N–H and O–H groups in total. The Morgan fingerprint density at radius 2 is 1.90 bits per heavy atom. The molecule has 6 nitrogen and oxygen atoms in total. The summed E-state index contributed by atoms with van der Waals surface area (Å²) in [5.41, 5.74) is 0. The van der Waals surface area contributed by atoms with Crippen molar-refractivity contribution in [2.24, 2.45) is 0 Å². The first kappa shape index (κ1) is 17.7. The van der Waals surface area contributed by atoms with Gasteiger partial charge in [0.2, 0.25) is 10.0 Å². The molecule has 0 atom stereocenters. The molecule has 1 aromatic carbocycles. The Morgan fingerprint density at radius 3 is 2.43 bits per heavy atom. The van der Waals surface area contributed by atoms with Crippen LogP contribution in [0.3, 0.4) is 0 Å². The molecule has 0 amide bonds. The number of benzene rings is 1. The maximum Gasteiger partial charge on any atom is 0.246 e. The van der Waals surface area contributed by atoms with Crippen molar-refractivity contribution in [2.75, 3.05) is 33.9 Å². The van der Waals surface area contributed by atoms with Crippen LogP contribution in [0.1, 0.15) is 19.8 Å². The molecule has 1 rings (SSSR count). The minimum Gasteiger partial charge on any atom is -0.497 e. The zero-order valence-corrected chi connectivity index (χ0v) is 13.5. The van der Waals surface area contributed by atoms with Crippen molar-refractivity contribution in [3.63, 3.8) is 0 Å². The summed E-state index contributed by atoms with van der Waals surface area (Å²) >= 11 is 0. The van der Waals surface area contributed by atoms with Crippen LogP contribution in [-0.4, -0.2) is 51.7 Å². The Labute approximate surface area is 126 Å². The van der Waals surface area contributed by atoms with Crippen LogP contribution in [0, 0.1) is 0 Å². The monoisotopic (exact) mass is 317 g/mol. The lowest BCUT2D eigenvalue weighted by molar-refractivity contribution is 0.252. The van der Waals surface area contributed by atoms with Crippen LogP contribution in [0.5, 0.6) is 11.5 Å². The highest BCUT2D eigenvalue weighted by atomic mass is 32.2. The van der Waals surface area contributed by atoms with Crippen molar-refractivity contribution >= 4 is 10.0 Å². The molecule has 1 aromatic rings. The average molecular weight is 317 g/mol. The molecule has 7 heteroatoms. The van der Waals surface area contributed by atoms with Gasteiger partial charge in [0.15, 0.2) is 0 Å². The second-order valence-electron chi connectivity index (χ2n) is 4.50. The van der Waals surface area contributed by atoms with Crippen LogP contribution in [0.4, 0.5) is 0 Å². The first-order valence-electron chi connectivity index (χ1n) is 6.84. The summed E-state index contributed by atoms with van der Waals surface area (Å²) in [6.07, 6.45) is 1.61. The van der Waals surface area contributed by atoms with E-state index >= 15 is 0 Å². The molecule has 120 valence electrons.